The highest BCUT2D eigenvalue weighted by atomic mass is 28.4. The van der Waals surface area contributed by atoms with Gasteiger partial charge in [-0.25, -0.2) is 9.59 Å². The number of ether oxygens (including phenoxy) is 2. The molecule has 198 valence electrons. The van der Waals surface area contributed by atoms with Gasteiger partial charge in [-0.2, -0.15) is 0 Å². The van der Waals surface area contributed by atoms with E-state index in [1.54, 1.807) is 39.1 Å². The molecule has 8 nitrogen and oxygen atoms in total. The molecule has 36 heavy (non-hydrogen) atoms. The maximum Gasteiger partial charge on any atom is 0.411 e. The number of carbonyl (C=O) groups excluding carboxylic acids is 2. The van der Waals surface area contributed by atoms with Crippen molar-refractivity contribution in [1.82, 2.24) is 10.3 Å². The molecule has 2 amide bonds. The lowest BCUT2D eigenvalue weighted by molar-refractivity contribution is 0.0413. The summed E-state index contributed by atoms with van der Waals surface area (Å²) in [7, 11) is -2.14. The number of carbonyl (C=O) groups is 2. The molecule has 1 atom stereocenters. The molecule has 0 aliphatic carbocycles. The topological polar surface area (TPSA) is 98.8 Å². The van der Waals surface area contributed by atoms with Crippen LogP contribution in [0.4, 0.5) is 15.3 Å². The maximum atomic E-state index is 12.8. The van der Waals surface area contributed by atoms with Gasteiger partial charge in [-0.3, -0.25) is 10.3 Å². The van der Waals surface area contributed by atoms with Gasteiger partial charge in [-0.1, -0.05) is 51.1 Å². The molecule has 0 aliphatic rings. The molecule has 1 aromatic heterocycles. The Morgan fingerprint density at radius 3 is 2.17 bits per heavy atom. The molecule has 0 saturated carbocycles. The van der Waals surface area contributed by atoms with Crippen molar-refractivity contribution in [2.24, 2.45) is 0 Å². The molecule has 2 rings (SSSR count). The van der Waals surface area contributed by atoms with Crippen molar-refractivity contribution in [2.75, 3.05) is 11.9 Å². The van der Waals surface area contributed by atoms with Crippen molar-refractivity contribution in [3.05, 3.63) is 59.9 Å². The minimum atomic E-state index is -2.14. The number of amides is 2. The van der Waals surface area contributed by atoms with Gasteiger partial charge < -0.3 is 19.2 Å². The van der Waals surface area contributed by atoms with Crippen LogP contribution in [0, 0.1) is 0 Å². The molecule has 0 saturated heterocycles. The van der Waals surface area contributed by atoms with E-state index in [0.29, 0.717) is 11.4 Å². The quantitative estimate of drug-likeness (QED) is 0.385. The molecule has 0 aliphatic heterocycles. The Bertz CT molecular complexity index is 1030. The first kappa shape index (κ1) is 29.3. The Balaban J connectivity index is 2.23. The summed E-state index contributed by atoms with van der Waals surface area (Å²) >= 11 is 0. The van der Waals surface area contributed by atoms with Gasteiger partial charge in [-0.15, -0.1) is 0 Å². The summed E-state index contributed by atoms with van der Waals surface area (Å²) in [5.41, 5.74) is 0.226. The number of pyridine rings is 1. The first-order valence-corrected chi connectivity index (χ1v) is 15.0. The molecule has 0 fully saturated rings. The average Bonchev–Trinajstić information content (AvgIpc) is 2.75. The van der Waals surface area contributed by atoms with E-state index in [2.05, 4.69) is 49.5 Å². The predicted octanol–water partition coefficient (Wildman–Crippen LogP) is 6.59. The van der Waals surface area contributed by atoms with Crippen molar-refractivity contribution in [1.29, 1.82) is 0 Å². The van der Waals surface area contributed by atoms with E-state index in [-0.39, 0.29) is 18.3 Å². The first-order valence-electron chi connectivity index (χ1n) is 12.1. The monoisotopic (exact) mass is 515 g/mol. The predicted molar refractivity (Wildman–Crippen MR) is 144 cm³/mol. The summed E-state index contributed by atoms with van der Waals surface area (Å²) in [6.45, 7) is 18.4. The normalized spacial score (nSPS) is 13.9. The van der Waals surface area contributed by atoms with E-state index in [0.717, 1.165) is 5.56 Å². The van der Waals surface area contributed by atoms with Crippen LogP contribution < -0.4 is 10.6 Å². The molecule has 1 heterocycles. The molecule has 1 aromatic carbocycles. The third kappa shape index (κ3) is 8.95. The molecular weight excluding hydrogens is 474 g/mol. The van der Waals surface area contributed by atoms with Crippen molar-refractivity contribution in [3.63, 3.8) is 0 Å². The third-order valence-corrected chi connectivity index (χ3v) is 10.6. The first-order chi connectivity index (χ1) is 16.5. The number of rotatable bonds is 8. The van der Waals surface area contributed by atoms with Gasteiger partial charge in [0, 0.05) is 11.9 Å². The van der Waals surface area contributed by atoms with Gasteiger partial charge in [-0.05, 0) is 63.5 Å². The van der Waals surface area contributed by atoms with E-state index < -0.39 is 31.6 Å². The summed E-state index contributed by atoms with van der Waals surface area (Å²) < 4.78 is 17.3. The van der Waals surface area contributed by atoms with Crippen LogP contribution in [0.5, 0.6) is 0 Å². The van der Waals surface area contributed by atoms with Crippen LogP contribution in [0.25, 0.3) is 0 Å². The largest absolute Gasteiger partial charge is 0.444 e. The second-order valence-corrected chi connectivity index (χ2v) is 16.4. The Kier molecular flexibility index (Phi) is 9.31. The number of aromatic nitrogens is 1. The van der Waals surface area contributed by atoms with Crippen LogP contribution in [0.1, 0.15) is 59.7 Å². The third-order valence-electron chi connectivity index (χ3n) is 6.09. The molecule has 9 heteroatoms. The fourth-order valence-corrected chi connectivity index (χ4v) is 4.01. The van der Waals surface area contributed by atoms with Gasteiger partial charge in [0.2, 0.25) is 0 Å². The molecular formula is C27H41N3O5Si. The molecule has 1 unspecified atom stereocenters. The summed E-state index contributed by atoms with van der Waals surface area (Å²) in [6.07, 6.45) is 0.408. The SMILES string of the molecule is CC(C)(C)OC(=O)NC(C)(CO[Si](C)(C)C(C)(C)C)c1cc(NC(=O)OCc2ccccc2)ccn1. The van der Waals surface area contributed by atoms with Crippen molar-refractivity contribution in [2.45, 2.75) is 84.3 Å². The van der Waals surface area contributed by atoms with Crippen molar-refractivity contribution >= 4 is 26.2 Å². The highest BCUT2D eigenvalue weighted by molar-refractivity contribution is 6.74. The Morgan fingerprint density at radius 1 is 0.944 bits per heavy atom. The summed E-state index contributed by atoms with van der Waals surface area (Å²) in [5.74, 6) is 0. The van der Waals surface area contributed by atoms with Crippen LogP contribution in [-0.2, 0) is 26.0 Å². The second kappa shape index (κ2) is 11.4. The number of hydrogen-bond donors (Lipinski definition) is 2. The highest BCUT2D eigenvalue weighted by Gasteiger charge is 2.41. The van der Waals surface area contributed by atoms with Crippen LogP contribution in [0.15, 0.2) is 48.7 Å². The number of anilines is 1. The standard InChI is InChI=1S/C27H41N3O5Si/c1-25(2,3)35-24(32)30-27(7,19-34-36(8,9)26(4,5)6)22-17-21(15-16-28-22)29-23(31)33-18-20-13-11-10-12-14-20/h10-17H,18-19H2,1-9H3,(H,30,32)(H,28,29,31). The lowest BCUT2D eigenvalue weighted by Crippen LogP contribution is -2.52. The molecule has 0 bridgehead atoms. The van der Waals surface area contributed by atoms with E-state index in [9.17, 15) is 9.59 Å². The molecule has 2 N–H and O–H groups in total. The van der Waals surface area contributed by atoms with E-state index in [4.69, 9.17) is 13.9 Å². The Hall–Kier alpha value is -2.91. The number of benzene rings is 1. The lowest BCUT2D eigenvalue weighted by atomic mass is 9.98. The van der Waals surface area contributed by atoms with Gasteiger partial charge >= 0.3 is 12.2 Å². The smallest absolute Gasteiger partial charge is 0.411 e. The fourth-order valence-electron chi connectivity index (χ4n) is 2.93. The average molecular weight is 516 g/mol. The minimum Gasteiger partial charge on any atom is -0.444 e. The molecule has 0 spiro atoms. The zero-order valence-corrected chi connectivity index (χ0v) is 24.0. The Morgan fingerprint density at radius 2 is 1.58 bits per heavy atom. The van der Waals surface area contributed by atoms with Gasteiger partial charge in [0.05, 0.1) is 12.3 Å². The highest BCUT2D eigenvalue weighted by Crippen LogP contribution is 2.38. The summed E-state index contributed by atoms with van der Waals surface area (Å²) in [6, 6.07) is 12.8. The van der Waals surface area contributed by atoms with Crippen molar-refractivity contribution < 1.29 is 23.5 Å². The summed E-state index contributed by atoms with van der Waals surface area (Å²) in [4.78, 5) is 29.6. The number of alkyl carbamates (subject to hydrolysis) is 1. The molecule has 0 radical (unpaired) electrons. The second-order valence-electron chi connectivity index (χ2n) is 11.6. The molecule has 2 aromatic rings. The van der Waals surface area contributed by atoms with Gasteiger partial charge in [0.15, 0.2) is 8.32 Å². The van der Waals surface area contributed by atoms with Crippen LogP contribution >= 0.6 is 0 Å². The Labute approximate surface area is 216 Å². The van der Waals surface area contributed by atoms with Crippen molar-refractivity contribution in [3.8, 4) is 0 Å². The van der Waals surface area contributed by atoms with Gasteiger partial charge in [0.25, 0.3) is 0 Å². The van der Waals surface area contributed by atoms with E-state index >= 15 is 0 Å². The van der Waals surface area contributed by atoms with Crippen LogP contribution in [0.2, 0.25) is 18.1 Å². The zero-order chi connectivity index (χ0) is 27.2. The van der Waals surface area contributed by atoms with E-state index in [1.165, 1.54) is 0 Å². The fraction of sp³-hybridized carbons (Fsp3) is 0.519. The number of hydrogen-bond acceptors (Lipinski definition) is 6. The number of nitrogens with zero attached hydrogens (tertiary/aromatic N) is 1. The zero-order valence-electron chi connectivity index (χ0n) is 23.0. The lowest BCUT2D eigenvalue weighted by Gasteiger charge is -2.40. The van der Waals surface area contributed by atoms with Crippen LogP contribution in [-0.4, -0.2) is 37.7 Å². The van der Waals surface area contributed by atoms with Crippen LogP contribution in [0.3, 0.4) is 0 Å². The minimum absolute atomic E-state index is 0.0147. The number of nitrogens with one attached hydrogen (secondary N) is 2. The summed E-state index contributed by atoms with van der Waals surface area (Å²) in [5, 5.41) is 5.67. The maximum absolute atomic E-state index is 12.8. The van der Waals surface area contributed by atoms with Gasteiger partial charge in [0.1, 0.15) is 17.7 Å². The van der Waals surface area contributed by atoms with E-state index in [1.807, 2.05) is 37.3 Å².